The van der Waals surface area contributed by atoms with E-state index in [4.69, 9.17) is 4.79 Å². The van der Waals surface area contributed by atoms with Crippen LogP contribution in [0, 0.1) is 0 Å². The zero-order chi connectivity index (χ0) is 29.6. The zero-order valence-electron chi connectivity index (χ0n) is 23.8. The van der Waals surface area contributed by atoms with E-state index in [1.54, 1.807) is 7.11 Å². The third-order valence-corrected chi connectivity index (χ3v) is 4.33. The highest BCUT2D eigenvalue weighted by Gasteiger charge is 1.86. The van der Waals surface area contributed by atoms with Gasteiger partial charge in [0.1, 0.15) is 13.4 Å². The summed E-state index contributed by atoms with van der Waals surface area (Å²) in [6.45, 7) is 6.92. The Kier molecular flexibility index (Phi) is 27.8. The van der Waals surface area contributed by atoms with Crippen LogP contribution in [0.3, 0.4) is 0 Å². The SMILES string of the molecule is C=O.CCOOC.COC(C)=O.COCCOOC.c1ccc2ccccc2c1.c1ccc2ccccc2c1. The molecule has 4 aromatic rings. The van der Waals surface area contributed by atoms with Gasteiger partial charge in [0.15, 0.2) is 0 Å². The van der Waals surface area contributed by atoms with Gasteiger partial charge in [-0.25, -0.2) is 19.6 Å². The molecule has 4 rings (SSSR count). The molecule has 39 heavy (non-hydrogen) atoms. The number of esters is 1. The molecular weight excluding hydrogens is 500 g/mol. The van der Waals surface area contributed by atoms with Gasteiger partial charge < -0.3 is 14.3 Å². The second-order valence-corrected chi connectivity index (χ2v) is 6.94. The summed E-state index contributed by atoms with van der Waals surface area (Å²) in [4.78, 5) is 34.8. The summed E-state index contributed by atoms with van der Waals surface area (Å²) in [5, 5.41) is 5.24. The first-order chi connectivity index (χ1) is 19.0. The first-order valence-electron chi connectivity index (χ1n) is 12.0. The molecule has 214 valence electrons. The van der Waals surface area contributed by atoms with E-state index in [1.165, 1.54) is 49.8 Å². The van der Waals surface area contributed by atoms with Crippen molar-refractivity contribution in [3.8, 4) is 0 Å². The summed E-state index contributed by atoms with van der Waals surface area (Å²) in [6.07, 6.45) is 0. The van der Waals surface area contributed by atoms with Crippen molar-refractivity contribution in [1.29, 1.82) is 0 Å². The Morgan fingerprint density at radius 1 is 0.590 bits per heavy atom. The van der Waals surface area contributed by atoms with Gasteiger partial charge in [0.05, 0.1) is 34.5 Å². The molecule has 0 bridgehead atoms. The van der Waals surface area contributed by atoms with Crippen molar-refractivity contribution in [1.82, 2.24) is 0 Å². The molecule has 0 aromatic heterocycles. The lowest BCUT2D eigenvalue weighted by atomic mass is 10.1. The summed E-state index contributed by atoms with van der Waals surface area (Å²) >= 11 is 0. The van der Waals surface area contributed by atoms with Crippen molar-refractivity contribution in [2.24, 2.45) is 0 Å². The molecule has 0 spiro atoms. The normalized spacial score (nSPS) is 8.87. The zero-order valence-corrected chi connectivity index (χ0v) is 23.8. The van der Waals surface area contributed by atoms with Crippen LogP contribution >= 0.6 is 0 Å². The van der Waals surface area contributed by atoms with Crippen LogP contribution in [0.4, 0.5) is 0 Å². The maximum Gasteiger partial charge on any atom is 0.302 e. The van der Waals surface area contributed by atoms with Gasteiger partial charge in [0.2, 0.25) is 0 Å². The highest BCUT2D eigenvalue weighted by atomic mass is 17.2. The molecule has 0 radical (unpaired) electrons. The molecule has 0 aliphatic rings. The van der Waals surface area contributed by atoms with Crippen LogP contribution < -0.4 is 0 Å². The van der Waals surface area contributed by atoms with E-state index in [1.807, 2.05) is 13.7 Å². The highest BCUT2D eigenvalue weighted by Crippen LogP contribution is 2.12. The highest BCUT2D eigenvalue weighted by molar-refractivity contribution is 5.82. The topological polar surface area (TPSA) is 89.5 Å². The minimum absolute atomic E-state index is 0.245. The Labute approximate surface area is 232 Å². The number of hydrogen-bond acceptors (Lipinski definition) is 8. The Balaban J connectivity index is 0. The fourth-order valence-electron chi connectivity index (χ4n) is 2.58. The summed E-state index contributed by atoms with van der Waals surface area (Å²) in [6, 6.07) is 33.4. The summed E-state index contributed by atoms with van der Waals surface area (Å²) in [7, 11) is 5.92. The quantitative estimate of drug-likeness (QED) is 0.119. The van der Waals surface area contributed by atoms with E-state index in [9.17, 15) is 4.79 Å². The minimum Gasteiger partial charge on any atom is -0.469 e. The first-order valence-corrected chi connectivity index (χ1v) is 12.0. The largest absolute Gasteiger partial charge is 0.469 e. The maximum absolute atomic E-state index is 9.59. The van der Waals surface area contributed by atoms with Crippen LogP contribution in [0.15, 0.2) is 97.1 Å². The Morgan fingerprint density at radius 3 is 1.03 bits per heavy atom. The van der Waals surface area contributed by atoms with Crippen LogP contribution in [-0.2, 0) is 38.6 Å². The number of benzene rings is 4. The molecule has 0 saturated heterocycles. The predicted octanol–water partition coefficient (Wildman–Crippen LogP) is 6.47. The van der Waals surface area contributed by atoms with E-state index in [-0.39, 0.29) is 5.97 Å². The smallest absolute Gasteiger partial charge is 0.302 e. The van der Waals surface area contributed by atoms with Crippen molar-refractivity contribution in [2.75, 3.05) is 48.3 Å². The summed E-state index contributed by atoms with van der Waals surface area (Å²) in [5.41, 5.74) is 0. The number of fused-ring (bicyclic) bond motifs is 2. The molecule has 0 N–H and O–H groups in total. The lowest BCUT2D eigenvalue weighted by molar-refractivity contribution is -0.276. The van der Waals surface area contributed by atoms with Gasteiger partial charge in [-0.3, -0.25) is 4.79 Å². The van der Waals surface area contributed by atoms with Gasteiger partial charge in [-0.05, 0) is 28.5 Å². The summed E-state index contributed by atoms with van der Waals surface area (Å²) in [5.74, 6) is -0.245. The standard InChI is InChI=1S/2C10H8.C4H10O3.C3H6O2.C3H8O2.CH2O/c2*1-2-6-10-8-4-3-7-9(10)5-1;1-5-3-4-7-6-2;1-3(4)5-2;1-3-5-4-2;1-2/h2*1-8H;3-4H2,1-2H3;1-2H3;3H2,1-2H3;1H2. The Hall–Kier alpha value is -3.66. The monoisotopic (exact) mass is 542 g/mol. The van der Waals surface area contributed by atoms with Gasteiger partial charge in [-0.15, -0.1) is 0 Å². The maximum atomic E-state index is 9.59. The number of rotatable bonds is 6. The molecule has 4 aromatic carbocycles. The Morgan fingerprint density at radius 2 is 0.872 bits per heavy atom. The van der Waals surface area contributed by atoms with E-state index >= 15 is 0 Å². The fourth-order valence-corrected chi connectivity index (χ4v) is 2.58. The van der Waals surface area contributed by atoms with Crippen LogP contribution in [0.2, 0.25) is 0 Å². The molecule has 0 unspecified atom stereocenters. The lowest BCUT2D eigenvalue weighted by Crippen LogP contribution is -1.99. The average Bonchev–Trinajstić information content (AvgIpc) is 3.00. The van der Waals surface area contributed by atoms with Crippen molar-refractivity contribution >= 4 is 34.3 Å². The van der Waals surface area contributed by atoms with Gasteiger partial charge in [-0.2, -0.15) is 0 Å². The third-order valence-electron chi connectivity index (χ3n) is 4.33. The van der Waals surface area contributed by atoms with E-state index in [2.05, 4.69) is 126 Å². The van der Waals surface area contributed by atoms with Crippen molar-refractivity contribution < 1.29 is 38.6 Å². The molecule has 8 nitrogen and oxygen atoms in total. The van der Waals surface area contributed by atoms with Gasteiger partial charge >= 0.3 is 5.97 Å². The number of methoxy groups -OCH3 is 2. The molecule has 0 aliphatic heterocycles. The molecule has 0 amide bonds. The third kappa shape index (κ3) is 22.1. The second kappa shape index (κ2) is 28.9. The lowest BCUT2D eigenvalue weighted by Gasteiger charge is -1.95. The van der Waals surface area contributed by atoms with Gasteiger partial charge in [-0.1, -0.05) is 97.1 Å². The molecule has 0 saturated carbocycles. The average molecular weight is 543 g/mol. The summed E-state index contributed by atoms with van der Waals surface area (Å²) < 4.78 is 8.75. The predicted molar refractivity (Wildman–Crippen MR) is 156 cm³/mol. The van der Waals surface area contributed by atoms with Crippen LogP contribution in [0.25, 0.3) is 21.5 Å². The molecule has 8 heteroatoms. The number of carbonyl (C=O) groups is 2. The molecule has 0 fully saturated rings. The minimum atomic E-state index is -0.245. The molecule has 0 heterocycles. The van der Waals surface area contributed by atoms with Gasteiger partial charge in [0, 0.05) is 14.0 Å². The van der Waals surface area contributed by atoms with E-state index in [0.717, 1.165) is 0 Å². The molecule has 0 aliphatic carbocycles. The fraction of sp³-hybridized carbons (Fsp3) is 0.290. The van der Waals surface area contributed by atoms with Crippen molar-refractivity contribution in [3.05, 3.63) is 97.1 Å². The van der Waals surface area contributed by atoms with Crippen LogP contribution in [-0.4, -0.2) is 61.0 Å². The molecule has 0 atom stereocenters. The van der Waals surface area contributed by atoms with Crippen LogP contribution in [0.5, 0.6) is 0 Å². The second-order valence-electron chi connectivity index (χ2n) is 6.94. The van der Waals surface area contributed by atoms with E-state index in [0.29, 0.717) is 19.8 Å². The first kappa shape index (κ1) is 37.5. The van der Waals surface area contributed by atoms with E-state index < -0.39 is 0 Å². The van der Waals surface area contributed by atoms with Crippen molar-refractivity contribution in [2.45, 2.75) is 13.8 Å². The number of carbonyl (C=O) groups excluding carboxylic acids is 2. The number of ether oxygens (including phenoxy) is 2. The molecular formula is C31H42O8. The Bertz CT molecular complexity index is 880. The van der Waals surface area contributed by atoms with Gasteiger partial charge in [0.25, 0.3) is 0 Å². The van der Waals surface area contributed by atoms with Crippen molar-refractivity contribution in [3.63, 3.8) is 0 Å². The number of hydrogen-bond donors (Lipinski definition) is 0. The van der Waals surface area contributed by atoms with Crippen LogP contribution in [0.1, 0.15) is 13.8 Å².